The summed E-state index contributed by atoms with van der Waals surface area (Å²) in [5.41, 5.74) is 8.09. The van der Waals surface area contributed by atoms with Gasteiger partial charge >= 0.3 is 0 Å². The van der Waals surface area contributed by atoms with E-state index in [2.05, 4.69) is 192 Å². The minimum atomic E-state index is -2.83. The molecule has 9 aromatic rings. The summed E-state index contributed by atoms with van der Waals surface area (Å²) in [5.74, 6) is 0.920. The number of hydrogen-bond donors (Lipinski definition) is 1. The average Bonchev–Trinajstić information content (AvgIpc) is 3.55. The third kappa shape index (κ3) is 4.18. The molecule has 1 aliphatic rings. The Morgan fingerprint density at radius 2 is 1.08 bits per heavy atom. The van der Waals surface area contributed by atoms with Gasteiger partial charge in [-0.3, -0.25) is 4.90 Å². The Labute approximate surface area is 285 Å². The molecule has 0 bridgehead atoms. The van der Waals surface area contributed by atoms with Crippen molar-refractivity contribution in [2.75, 3.05) is 4.90 Å². The van der Waals surface area contributed by atoms with Crippen LogP contribution in [0, 0.1) is 0 Å². The summed E-state index contributed by atoms with van der Waals surface area (Å²) in [6.07, 6.45) is 0. The Morgan fingerprint density at radius 1 is 0.449 bits per heavy atom. The number of aromatic amines is 1. The number of fused-ring (bicyclic) bond motifs is 6. The van der Waals surface area contributed by atoms with Crippen molar-refractivity contribution in [2.45, 2.75) is 0 Å². The molecule has 49 heavy (non-hydrogen) atoms. The smallest absolute Gasteiger partial charge is 0.184 e. The lowest BCUT2D eigenvalue weighted by Crippen LogP contribution is -2.77. The van der Waals surface area contributed by atoms with Crippen LogP contribution >= 0.6 is 0 Å². The van der Waals surface area contributed by atoms with Gasteiger partial charge in [-0.2, -0.15) is 0 Å². The van der Waals surface area contributed by atoms with Gasteiger partial charge in [0.15, 0.2) is 8.07 Å². The van der Waals surface area contributed by atoms with Gasteiger partial charge < -0.3 is 4.98 Å². The van der Waals surface area contributed by atoms with Crippen molar-refractivity contribution in [1.82, 2.24) is 9.97 Å². The van der Waals surface area contributed by atoms with Crippen molar-refractivity contribution >= 4 is 78.7 Å². The van der Waals surface area contributed by atoms with Gasteiger partial charge in [-0.25, -0.2) is 4.98 Å². The van der Waals surface area contributed by atoms with E-state index >= 15 is 0 Å². The van der Waals surface area contributed by atoms with Gasteiger partial charge in [0.25, 0.3) is 0 Å². The molecule has 3 nitrogen and oxygen atoms in total. The largest absolute Gasteiger partial charge is 0.355 e. The van der Waals surface area contributed by atoms with E-state index in [4.69, 9.17) is 4.98 Å². The van der Waals surface area contributed by atoms with Crippen LogP contribution in [-0.4, -0.2) is 18.0 Å². The van der Waals surface area contributed by atoms with Gasteiger partial charge in [-0.05, 0) is 80.4 Å². The second-order valence-electron chi connectivity index (χ2n) is 12.9. The van der Waals surface area contributed by atoms with Crippen LogP contribution in [0.5, 0.6) is 0 Å². The van der Waals surface area contributed by atoms with Crippen LogP contribution in [-0.2, 0) is 0 Å². The molecule has 0 fully saturated rings. The molecule has 0 saturated carbocycles. The zero-order valence-corrected chi connectivity index (χ0v) is 27.7. The van der Waals surface area contributed by atoms with Gasteiger partial charge in [0, 0.05) is 38.6 Å². The number of hydrogen-bond acceptors (Lipinski definition) is 2. The summed E-state index contributed by atoms with van der Waals surface area (Å²) < 4.78 is 0. The number of para-hydroxylation sites is 3. The van der Waals surface area contributed by atoms with Crippen molar-refractivity contribution in [1.29, 1.82) is 0 Å². The summed E-state index contributed by atoms with van der Waals surface area (Å²) in [6, 6.07) is 66.7. The second kappa shape index (κ2) is 10.9. The zero-order chi connectivity index (χ0) is 32.4. The van der Waals surface area contributed by atoms with Crippen LogP contribution in [0.15, 0.2) is 182 Å². The zero-order valence-electron chi connectivity index (χ0n) is 26.7. The standard InChI is InChI=1S/C45H31N3Si/c1-3-14-34(15-4-1)49(35-16-5-2-6-17-35)43-22-12-11-21-41(43)48(45-28-25-31-13-7-9-19-38(31)47-45)42-27-24-33(30-44(42)49)32-23-26-40-37(29-32)36-18-8-10-20-39(36)46-40/h1-30,46H. The maximum absolute atomic E-state index is 5.27. The molecular formula is C45H31N3Si. The molecule has 3 heterocycles. The lowest BCUT2D eigenvalue weighted by molar-refractivity contribution is 1.21. The van der Waals surface area contributed by atoms with Gasteiger partial charge in [-0.15, -0.1) is 0 Å². The van der Waals surface area contributed by atoms with Crippen LogP contribution in [0.2, 0.25) is 0 Å². The fourth-order valence-corrected chi connectivity index (χ4v) is 13.2. The Kier molecular flexibility index (Phi) is 6.20. The maximum Gasteiger partial charge on any atom is 0.184 e. The lowest BCUT2D eigenvalue weighted by atomic mass is 10.0. The number of pyridine rings is 1. The van der Waals surface area contributed by atoms with E-state index in [1.54, 1.807) is 0 Å². The van der Waals surface area contributed by atoms with Crippen molar-refractivity contribution in [2.24, 2.45) is 0 Å². The third-order valence-electron chi connectivity index (χ3n) is 10.3. The molecule has 0 unspecified atom stereocenters. The Morgan fingerprint density at radius 3 is 1.92 bits per heavy atom. The Hall–Kier alpha value is -6.23. The SMILES string of the molecule is c1ccc([Si]2(c3ccccc3)c3ccccc3N(c3ccc4ccccc4n3)c3ccc(-c4ccc5[nH]c6ccccc6c5c4)cc32)cc1. The lowest BCUT2D eigenvalue weighted by Gasteiger charge is -2.44. The molecule has 10 rings (SSSR count). The van der Waals surface area contributed by atoms with Crippen molar-refractivity contribution in [3.05, 3.63) is 182 Å². The summed E-state index contributed by atoms with van der Waals surface area (Å²) in [5, 5.41) is 9.08. The first-order chi connectivity index (χ1) is 24.3. The number of nitrogens with zero attached hydrogens (tertiary/aromatic N) is 2. The Bertz CT molecular complexity index is 2640. The highest BCUT2D eigenvalue weighted by molar-refractivity contribution is 7.21. The van der Waals surface area contributed by atoms with Crippen LogP contribution < -0.4 is 25.6 Å². The molecule has 0 amide bonds. The van der Waals surface area contributed by atoms with Gasteiger partial charge in [-0.1, -0.05) is 133 Å². The van der Waals surface area contributed by atoms with E-state index < -0.39 is 8.07 Å². The van der Waals surface area contributed by atoms with E-state index in [1.165, 1.54) is 54.0 Å². The fraction of sp³-hybridized carbons (Fsp3) is 0. The molecule has 0 spiro atoms. The molecule has 2 aromatic heterocycles. The number of H-pyrrole nitrogens is 1. The quantitative estimate of drug-likeness (QED) is 0.195. The number of rotatable bonds is 4. The molecule has 0 atom stereocenters. The molecule has 0 saturated heterocycles. The topological polar surface area (TPSA) is 31.9 Å². The normalized spacial score (nSPS) is 13.4. The molecule has 7 aromatic carbocycles. The minimum absolute atomic E-state index is 0.920. The molecule has 230 valence electrons. The first-order valence-electron chi connectivity index (χ1n) is 16.8. The molecular weight excluding hydrogens is 611 g/mol. The molecule has 1 N–H and O–H groups in total. The highest BCUT2D eigenvalue weighted by atomic mass is 28.3. The van der Waals surface area contributed by atoms with Gasteiger partial charge in [0.1, 0.15) is 5.82 Å². The predicted molar refractivity (Wildman–Crippen MR) is 208 cm³/mol. The van der Waals surface area contributed by atoms with Crippen molar-refractivity contribution in [3.63, 3.8) is 0 Å². The summed E-state index contributed by atoms with van der Waals surface area (Å²) >= 11 is 0. The predicted octanol–water partition coefficient (Wildman–Crippen LogP) is 8.70. The first kappa shape index (κ1) is 27.8. The van der Waals surface area contributed by atoms with Crippen LogP contribution in [0.4, 0.5) is 17.2 Å². The van der Waals surface area contributed by atoms with E-state index in [0.717, 1.165) is 27.8 Å². The molecule has 4 heteroatoms. The molecule has 0 radical (unpaired) electrons. The number of benzene rings is 7. The Balaban J connectivity index is 1.30. The highest BCUT2D eigenvalue weighted by Gasteiger charge is 2.49. The average molecular weight is 642 g/mol. The minimum Gasteiger partial charge on any atom is -0.355 e. The van der Waals surface area contributed by atoms with Crippen molar-refractivity contribution in [3.8, 4) is 11.1 Å². The van der Waals surface area contributed by atoms with E-state index in [-0.39, 0.29) is 0 Å². The summed E-state index contributed by atoms with van der Waals surface area (Å²) in [4.78, 5) is 11.3. The third-order valence-corrected chi connectivity index (χ3v) is 15.1. The van der Waals surface area contributed by atoms with Crippen LogP contribution in [0.1, 0.15) is 0 Å². The van der Waals surface area contributed by atoms with Gasteiger partial charge in [0.2, 0.25) is 0 Å². The summed E-state index contributed by atoms with van der Waals surface area (Å²) in [7, 11) is -2.83. The van der Waals surface area contributed by atoms with E-state index in [9.17, 15) is 0 Å². The molecule has 1 aliphatic heterocycles. The first-order valence-corrected chi connectivity index (χ1v) is 18.8. The van der Waals surface area contributed by atoms with E-state index in [0.29, 0.717) is 0 Å². The highest BCUT2D eigenvalue weighted by Crippen LogP contribution is 2.40. The number of aromatic nitrogens is 2. The van der Waals surface area contributed by atoms with Gasteiger partial charge in [0.05, 0.1) is 5.52 Å². The molecule has 0 aliphatic carbocycles. The van der Waals surface area contributed by atoms with Crippen LogP contribution in [0.3, 0.4) is 0 Å². The monoisotopic (exact) mass is 641 g/mol. The van der Waals surface area contributed by atoms with Crippen molar-refractivity contribution < 1.29 is 0 Å². The number of anilines is 3. The van der Waals surface area contributed by atoms with E-state index in [1.807, 2.05) is 0 Å². The maximum atomic E-state index is 5.27. The summed E-state index contributed by atoms with van der Waals surface area (Å²) in [6.45, 7) is 0. The van der Waals surface area contributed by atoms with Crippen LogP contribution in [0.25, 0.3) is 43.8 Å². The second-order valence-corrected chi connectivity index (χ2v) is 16.6. The fourth-order valence-electron chi connectivity index (χ4n) is 8.09. The number of nitrogens with one attached hydrogen (secondary N) is 1.